The third-order valence-electron chi connectivity index (χ3n) is 5.20. The van der Waals surface area contributed by atoms with E-state index in [-0.39, 0.29) is 18.2 Å². The average molecular weight is 408 g/mol. The lowest BCUT2D eigenvalue weighted by Crippen LogP contribution is -2.46. The fourth-order valence-corrected chi connectivity index (χ4v) is 3.78. The molecule has 3 rings (SSSR count). The molecule has 1 unspecified atom stereocenters. The van der Waals surface area contributed by atoms with Gasteiger partial charge in [0, 0.05) is 25.1 Å². The van der Waals surface area contributed by atoms with Crippen molar-refractivity contribution in [3.63, 3.8) is 0 Å². The third kappa shape index (κ3) is 6.32. The van der Waals surface area contributed by atoms with Crippen LogP contribution in [0.5, 0.6) is 0 Å². The average Bonchev–Trinajstić information content (AvgIpc) is 2.68. The highest BCUT2D eigenvalue weighted by Crippen LogP contribution is 2.26. The highest BCUT2D eigenvalue weighted by Gasteiger charge is 2.32. The molecule has 5 heteroatoms. The number of carbonyl (C=O) groups is 1. The van der Waals surface area contributed by atoms with Crippen LogP contribution in [-0.2, 0) is 6.42 Å². The highest BCUT2D eigenvalue weighted by atomic mass is 35.5. The SMILES string of the molecule is Cl.O=C(c1ccccc1)C(Cl)CCN1CCC(O)(Cc2ccccc2)CC1. The zero-order valence-corrected chi connectivity index (χ0v) is 17.0. The van der Waals surface area contributed by atoms with Crippen LogP contribution in [0.2, 0.25) is 0 Å². The van der Waals surface area contributed by atoms with Gasteiger partial charge in [-0.3, -0.25) is 4.79 Å². The summed E-state index contributed by atoms with van der Waals surface area (Å²) in [5.74, 6) is -0.00939. The second-order valence-corrected chi connectivity index (χ2v) is 7.74. The molecule has 2 aromatic rings. The Hall–Kier alpha value is -1.39. The van der Waals surface area contributed by atoms with Crippen LogP contribution in [0, 0.1) is 0 Å². The van der Waals surface area contributed by atoms with E-state index in [1.807, 2.05) is 48.5 Å². The Bertz CT molecular complexity index is 701. The zero-order chi connectivity index (χ0) is 18.4. The molecule has 27 heavy (non-hydrogen) atoms. The van der Waals surface area contributed by atoms with Crippen molar-refractivity contribution in [3.8, 4) is 0 Å². The van der Waals surface area contributed by atoms with Gasteiger partial charge in [-0.2, -0.15) is 0 Å². The molecule has 2 aromatic carbocycles. The van der Waals surface area contributed by atoms with Gasteiger partial charge in [-0.25, -0.2) is 0 Å². The Labute approximate surface area is 172 Å². The molecule has 0 saturated carbocycles. The summed E-state index contributed by atoms with van der Waals surface area (Å²) in [5.41, 5.74) is 1.22. The molecule has 1 saturated heterocycles. The van der Waals surface area contributed by atoms with E-state index in [9.17, 15) is 9.90 Å². The Kier molecular flexibility index (Phi) is 8.30. The second-order valence-electron chi connectivity index (χ2n) is 7.21. The van der Waals surface area contributed by atoms with Crippen LogP contribution in [-0.4, -0.2) is 46.4 Å². The molecule has 1 aliphatic rings. The smallest absolute Gasteiger partial charge is 0.180 e. The number of aliphatic hydroxyl groups is 1. The maximum absolute atomic E-state index is 12.3. The van der Waals surface area contributed by atoms with Crippen molar-refractivity contribution in [2.45, 2.75) is 36.7 Å². The van der Waals surface area contributed by atoms with Gasteiger partial charge in [0.1, 0.15) is 0 Å². The molecule has 1 N–H and O–H groups in total. The van der Waals surface area contributed by atoms with Crippen LogP contribution in [0.4, 0.5) is 0 Å². The van der Waals surface area contributed by atoms with E-state index in [2.05, 4.69) is 17.0 Å². The van der Waals surface area contributed by atoms with E-state index in [1.54, 1.807) is 0 Å². The van der Waals surface area contributed by atoms with Gasteiger partial charge >= 0.3 is 0 Å². The topological polar surface area (TPSA) is 40.5 Å². The number of Topliss-reactive ketones (excluding diaryl/α,β-unsaturated/α-hetero) is 1. The van der Waals surface area contributed by atoms with E-state index < -0.39 is 11.0 Å². The number of piperidine rings is 1. The molecule has 1 aliphatic heterocycles. The third-order valence-corrected chi connectivity index (χ3v) is 5.62. The van der Waals surface area contributed by atoms with Crippen molar-refractivity contribution in [2.24, 2.45) is 0 Å². The van der Waals surface area contributed by atoms with Crippen molar-refractivity contribution >= 4 is 29.8 Å². The molecule has 0 aliphatic carbocycles. The molecule has 0 bridgehead atoms. The van der Waals surface area contributed by atoms with Crippen molar-refractivity contribution in [3.05, 3.63) is 71.8 Å². The van der Waals surface area contributed by atoms with E-state index in [1.165, 1.54) is 5.56 Å². The first-order valence-electron chi connectivity index (χ1n) is 9.28. The Morgan fingerprint density at radius 1 is 1.04 bits per heavy atom. The van der Waals surface area contributed by atoms with Gasteiger partial charge < -0.3 is 10.0 Å². The van der Waals surface area contributed by atoms with E-state index in [4.69, 9.17) is 11.6 Å². The molecule has 3 nitrogen and oxygen atoms in total. The fourth-order valence-electron chi connectivity index (χ4n) is 3.56. The van der Waals surface area contributed by atoms with Crippen LogP contribution in [0.15, 0.2) is 60.7 Å². The number of benzene rings is 2. The summed E-state index contributed by atoms with van der Waals surface area (Å²) in [7, 11) is 0. The first-order valence-corrected chi connectivity index (χ1v) is 9.71. The quantitative estimate of drug-likeness (QED) is 0.547. The monoisotopic (exact) mass is 407 g/mol. The summed E-state index contributed by atoms with van der Waals surface area (Å²) < 4.78 is 0. The van der Waals surface area contributed by atoms with Gasteiger partial charge in [0.15, 0.2) is 5.78 Å². The maximum Gasteiger partial charge on any atom is 0.180 e. The van der Waals surface area contributed by atoms with E-state index in [0.29, 0.717) is 18.4 Å². The summed E-state index contributed by atoms with van der Waals surface area (Å²) in [6.07, 6.45) is 2.83. The minimum atomic E-state index is -0.627. The summed E-state index contributed by atoms with van der Waals surface area (Å²) in [4.78, 5) is 14.6. The van der Waals surface area contributed by atoms with Crippen molar-refractivity contribution in [1.82, 2.24) is 4.90 Å². The molecule has 0 spiro atoms. The fraction of sp³-hybridized carbons (Fsp3) is 0.409. The molecular formula is C22H27Cl2NO2. The van der Waals surface area contributed by atoms with Gasteiger partial charge in [0.25, 0.3) is 0 Å². The number of alkyl halides is 1. The van der Waals surface area contributed by atoms with Crippen LogP contribution < -0.4 is 0 Å². The summed E-state index contributed by atoms with van der Waals surface area (Å²) in [5, 5.41) is 10.4. The van der Waals surface area contributed by atoms with E-state index in [0.717, 1.165) is 32.5 Å². The number of halogens is 2. The number of carbonyl (C=O) groups excluding carboxylic acids is 1. The van der Waals surface area contributed by atoms with Gasteiger partial charge in [0.05, 0.1) is 11.0 Å². The van der Waals surface area contributed by atoms with Crippen molar-refractivity contribution < 1.29 is 9.90 Å². The van der Waals surface area contributed by atoms with Crippen LogP contribution in [0.1, 0.15) is 35.2 Å². The molecule has 1 fully saturated rings. The van der Waals surface area contributed by atoms with Gasteiger partial charge in [-0.15, -0.1) is 24.0 Å². The summed E-state index contributed by atoms with van der Waals surface area (Å²) in [6.45, 7) is 2.47. The minimum Gasteiger partial charge on any atom is -0.389 e. The lowest BCUT2D eigenvalue weighted by molar-refractivity contribution is -0.0207. The molecular weight excluding hydrogens is 381 g/mol. The first-order chi connectivity index (χ1) is 12.6. The summed E-state index contributed by atoms with van der Waals surface area (Å²) in [6, 6.07) is 19.4. The number of nitrogens with zero attached hydrogens (tertiary/aromatic N) is 1. The lowest BCUT2D eigenvalue weighted by Gasteiger charge is -2.38. The normalized spacial score (nSPS) is 17.7. The Morgan fingerprint density at radius 3 is 2.19 bits per heavy atom. The number of ketones is 1. The lowest BCUT2D eigenvalue weighted by atomic mass is 9.85. The number of hydrogen-bond donors (Lipinski definition) is 1. The number of hydrogen-bond acceptors (Lipinski definition) is 3. The largest absolute Gasteiger partial charge is 0.389 e. The standard InChI is InChI=1S/C22H26ClNO2.ClH/c23-20(21(25)19-9-5-2-6-10-19)11-14-24-15-12-22(26,13-16-24)17-18-7-3-1-4-8-18;/h1-10,20,26H,11-17H2;1H. The van der Waals surface area contributed by atoms with Crippen LogP contribution in [0.3, 0.4) is 0 Å². The second kappa shape index (κ2) is 10.2. The molecule has 0 amide bonds. The predicted octanol–water partition coefficient (Wildman–Crippen LogP) is 4.36. The molecule has 1 atom stereocenters. The first kappa shape index (κ1) is 21.9. The van der Waals surface area contributed by atoms with Crippen LogP contribution >= 0.6 is 24.0 Å². The summed E-state index contributed by atoms with van der Waals surface area (Å²) >= 11 is 6.32. The maximum atomic E-state index is 12.3. The van der Waals surface area contributed by atoms with Gasteiger partial charge in [0.2, 0.25) is 0 Å². The molecule has 0 radical (unpaired) electrons. The number of likely N-dealkylation sites (tertiary alicyclic amines) is 1. The van der Waals surface area contributed by atoms with Crippen LogP contribution in [0.25, 0.3) is 0 Å². The minimum absolute atomic E-state index is 0. The van der Waals surface area contributed by atoms with Gasteiger partial charge in [-0.05, 0) is 31.4 Å². The molecule has 1 heterocycles. The van der Waals surface area contributed by atoms with Crippen molar-refractivity contribution in [2.75, 3.05) is 19.6 Å². The van der Waals surface area contributed by atoms with Crippen molar-refractivity contribution in [1.29, 1.82) is 0 Å². The number of rotatable bonds is 7. The Balaban J connectivity index is 0.00000261. The predicted molar refractivity (Wildman–Crippen MR) is 113 cm³/mol. The molecule has 146 valence electrons. The van der Waals surface area contributed by atoms with E-state index >= 15 is 0 Å². The molecule has 0 aromatic heterocycles. The van der Waals surface area contributed by atoms with Gasteiger partial charge in [-0.1, -0.05) is 60.7 Å². The zero-order valence-electron chi connectivity index (χ0n) is 15.4. The Morgan fingerprint density at radius 2 is 1.59 bits per heavy atom. The highest BCUT2D eigenvalue weighted by molar-refractivity contribution is 6.33.